The molecule has 2 aromatic carbocycles. The number of nitrogens with zero attached hydrogens (tertiary/aromatic N) is 5. The zero-order valence-corrected chi connectivity index (χ0v) is 29.0. The molecule has 0 unspecified atom stereocenters. The number of piperazine rings is 1. The molecule has 1 aliphatic carbocycles. The van der Waals surface area contributed by atoms with Crippen molar-refractivity contribution >= 4 is 56.2 Å². The molecule has 9 nitrogen and oxygen atoms in total. The average Bonchev–Trinajstić information content (AvgIpc) is 3.78. The highest BCUT2D eigenvalue weighted by atomic mass is 35.5. The van der Waals surface area contributed by atoms with E-state index in [1.807, 2.05) is 30.1 Å². The van der Waals surface area contributed by atoms with Crippen LogP contribution in [0.15, 0.2) is 36.4 Å². The Hall–Kier alpha value is -2.37. The summed E-state index contributed by atoms with van der Waals surface area (Å²) in [6, 6.07) is 12.4. The van der Waals surface area contributed by atoms with Crippen molar-refractivity contribution in [1.29, 1.82) is 0 Å². The van der Waals surface area contributed by atoms with E-state index in [9.17, 15) is 18.0 Å². The van der Waals surface area contributed by atoms with E-state index in [2.05, 4.69) is 32.9 Å². The van der Waals surface area contributed by atoms with Crippen LogP contribution >= 0.6 is 23.2 Å². The van der Waals surface area contributed by atoms with Gasteiger partial charge in [-0.25, -0.2) is 8.42 Å². The van der Waals surface area contributed by atoms with Gasteiger partial charge in [0.1, 0.15) is 5.75 Å². The van der Waals surface area contributed by atoms with Crippen molar-refractivity contribution in [1.82, 2.24) is 14.7 Å². The molecule has 12 heteroatoms. The van der Waals surface area contributed by atoms with Gasteiger partial charge in [0.25, 0.3) is 0 Å². The Labute approximate surface area is 283 Å². The Morgan fingerprint density at radius 1 is 0.848 bits per heavy atom. The van der Waals surface area contributed by atoms with E-state index in [0.717, 1.165) is 61.5 Å². The SMILES string of the molecule is CN1CCN(C(=O)CS(=O)(=O)CCCCc2cc(Cl)c(CN3CCC[C@H]3C(=O)N3CCN(C4CC4)c4ccccc43)cc2Cl)CC1. The molecule has 0 N–H and O–H groups in total. The van der Waals surface area contributed by atoms with Crippen LogP contribution < -0.4 is 9.80 Å². The zero-order valence-electron chi connectivity index (χ0n) is 26.7. The molecule has 0 bridgehead atoms. The number of hydrogen-bond acceptors (Lipinski definition) is 7. The van der Waals surface area contributed by atoms with Crippen molar-refractivity contribution in [3.63, 3.8) is 0 Å². The second kappa shape index (κ2) is 14.4. The fraction of sp³-hybridized carbons (Fsp3) is 0.588. The van der Waals surface area contributed by atoms with Gasteiger partial charge in [0.05, 0.1) is 23.2 Å². The summed E-state index contributed by atoms with van der Waals surface area (Å²) in [6.45, 7) is 5.59. The van der Waals surface area contributed by atoms with Gasteiger partial charge < -0.3 is 19.6 Å². The summed E-state index contributed by atoms with van der Waals surface area (Å²) in [4.78, 5) is 36.9. The third-order valence-corrected chi connectivity index (χ3v) is 12.2. The van der Waals surface area contributed by atoms with Gasteiger partial charge in [-0.3, -0.25) is 14.5 Å². The van der Waals surface area contributed by atoms with Gasteiger partial charge >= 0.3 is 0 Å². The fourth-order valence-corrected chi connectivity index (χ4v) is 8.93. The van der Waals surface area contributed by atoms with E-state index in [1.54, 1.807) is 4.90 Å². The largest absolute Gasteiger partial charge is 0.365 e. The number of amides is 2. The maximum atomic E-state index is 14.0. The molecule has 0 aromatic heterocycles. The Morgan fingerprint density at radius 3 is 2.28 bits per heavy atom. The summed E-state index contributed by atoms with van der Waals surface area (Å²) in [7, 11) is -1.49. The summed E-state index contributed by atoms with van der Waals surface area (Å²) in [5.74, 6) is -0.609. The van der Waals surface area contributed by atoms with E-state index in [0.29, 0.717) is 61.5 Å². The van der Waals surface area contributed by atoms with Crippen LogP contribution in [0.3, 0.4) is 0 Å². The highest BCUT2D eigenvalue weighted by molar-refractivity contribution is 7.92. The van der Waals surface area contributed by atoms with E-state index in [-0.39, 0.29) is 23.6 Å². The van der Waals surface area contributed by atoms with Gasteiger partial charge in [0.2, 0.25) is 11.8 Å². The van der Waals surface area contributed by atoms with Crippen LogP contribution in [-0.2, 0) is 32.4 Å². The summed E-state index contributed by atoms with van der Waals surface area (Å²) in [6.07, 6.45) is 5.88. The minimum atomic E-state index is -3.48. The van der Waals surface area contributed by atoms with Crippen molar-refractivity contribution in [3.05, 3.63) is 57.6 Å². The Bertz CT molecular complexity index is 1540. The standard InChI is InChI=1S/C34H45Cl2N5O4S/c1-37-14-16-38(17-15-37)33(42)24-46(44,45)20-5-4-7-25-21-29(36)26(22-28(25)35)23-39-13-6-10-32(39)34(43)41-19-18-40(27-11-12-27)30-8-2-3-9-31(30)41/h2-3,8-9,21-22,27,32H,4-7,10-20,23-24H2,1H3/t32-/m0/s1. The lowest BCUT2D eigenvalue weighted by Crippen LogP contribution is -2.51. The number of unbranched alkanes of at least 4 members (excludes halogenated alkanes) is 1. The Balaban J connectivity index is 1.02. The van der Waals surface area contributed by atoms with Crippen LogP contribution in [0.2, 0.25) is 10.0 Å². The number of sulfone groups is 1. The molecule has 2 saturated heterocycles. The molecule has 3 fully saturated rings. The molecule has 6 rings (SSSR count). The minimum absolute atomic E-state index is 0.0274. The number of fused-ring (bicyclic) bond motifs is 1. The lowest BCUT2D eigenvalue weighted by molar-refractivity contribution is -0.130. The summed E-state index contributed by atoms with van der Waals surface area (Å²) in [5, 5.41) is 1.20. The van der Waals surface area contributed by atoms with Crippen LogP contribution in [0.1, 0.15) is 49.7 Å². The summed E-state index contributed by atoms with van der Waals surface area (Å²) in [5.41, 5.74) is 3.94. The number of likely N-dealkylation sites (N-methyl/N-ethyl adjacent to an activating group) is 1. The van der Waals surface area contributed by atoms with Gasteiger partial charge in [-0.05, 0) is 93.9 Å². The molecule has 3 heterocycles. The minimum Gasteiger partial charge on any atom is -0.365 e. The number of benzene rings is 2. The molecule has 0 radical (unpaired) electrons. The molecule has 2 amide bonds. The molecular formula is C34H45Cl2N5O4S. The Kier molecular flexibility index (Phi) is 10.5. The highest BCUT2D eigenvalue weighted by Gasteiger charge is 2.39. The second-order valence-corrected chi connectivity index (χ2v) is 16.3. The van der Waals surface area contributed by atoms with Crippen LogP contribution in [-0.4, -0.2) is 111 Å². The third kappa shape index (κ3) is 7.84. The first-order chi connectivity index (χ1) is 22.1. The molecule has 3 aliphatic heterocycles. The predicted molar refractivity (Wildman–Crippen MR) is 185 cm³/mol. The van der Waals surface area contributed by atoms with Gasteiger partial charge in [-0.2, -0.15) is 0 Å². The molecule has 2 aromatic rings. The second-order valence-electron chi connectivity index (χ2n) is 13.3. The van der Waals surface area contributed by atoms with E-state index in [4.69, 9.17) is 23.2 Å². The van der Waals surface area contributed by atoms with Gasteiger partial charge in [0.15, 0.2) is 9.84 Å². The molecule has 46 heavy (non-hydrogen) atoms. The molecule has 0 spiro atoms. The van der Waals surface area contributed by atoms with Crippen LogP contribution in [0.25, 0.3) is 0 Å². The topological polar surface area (TPSA) is 84.5 Å². The van der Waals surface area contributed by atoms with Gasteiger partial charge in [0, 0.05) is 61.9 Å². The van der Waals surface area contributed by atoms with E-state index < -0.39 is 15.6 Å². The van der Waals surface area contributed by atoms with Crippen molar-refractivity contribution in [2.45, 2.75) is 63.6 Å². The van der Waals surface area contributed by atoms with Crippen LogP contribution in [0.4, 0.5) is 11.4 Å². The predicted octanol–water partition coefficient (Wildman–Crippen LogP) is 4.48. The zero-order chi connectivity index (χ0) is 32.4. The molecular weight excluding hydrogens is 645 g/mol. The monoisotopic (exact) mass is 689 g/mol. The fourth-order valence-electron chi connectivity index (χ4n) is 7.06. The molecule has 1 saturated carbocycles. The average molecular weight is 691 g/mol. The number of aryl methyl sites for hydroxylation is 1. The first-order valence-electron chi connectivity index (χ1n) is 16.6. The lowest BCUT2D eigenvalue weighted by atomic mass is 10.0. The first-order valence-corrected chi connectivity index (χ1v) is 19.2. The van der Waals surface area contributed by atoms with Crippen molar-refractivity contribution in [2.24, 2.45) is 0 Å². The number of carbonyl (C=O) groups is 2. The third-order valence-electron chi connectivity index (χ3n) is 9.89. The maximum Gasteiger partial charge on any atom is 0.244 e. The highest BCUT2D eigenvalue weighted by Crippen LogP contribution is 2.41. The lowest BCUT2D eigenvalue weighted by Gasteiger charge is -2.40. The summed E-state index contributed by atoms with van der Waals surface area (Å²) < 4.78 is 25.3. The normalized spacial score (nSPS) is 21.1. The molecule has 1 atom stereocenters. The number of para-hydroxylation sites is 2. The first kappa shape index (κ1) is 33.5. The Morgan fingerprint density at radius 2 is 1.54 bits per heavy atom. The number of rotatable bonds is 11. The smallest absolute Gasteiger partial charge is 0.244 e. The van der Waals surface area contributed by atoms with E-state index >= 15 is 0 Å². The molecule has 250 valence electrons. The van der Waals surface area contributed by atoms with Crippen molar-refractivity contribution in [2.75, 3.05) is 74.2 Å². The van der Waals surface area contributed by atoms with Crippen molar-refractivity contribution in [3.8, 4) is 0 Å². The number of likely N-dealkylation sites (tertiary alicyclic amines) is 1. The van der Waals surface area contributed by atoms with Crippen LogP contribution in [0.5, 0.6) is 0 Å². The van der Waals surface area contributed by atoms with Crippen molar-refractivity contribution < 1.29 is 18.0 Å². The van der Waals surface area contributed by atoms with E-state index in [1.165, 1.54) is 12.8 Å². The molecule has 4 aliphatic rings. The summed E-state index contributed by atoms with van der Waals surface area (Å²) >= 11 is 13.5. The maximum absolute atomic E-state index is 14.0. The number of hydrogen-bond donors (Lipinski definition) is 0. The number of halogens is 2. The number of carbonyl (C=O) groups excluding carboxylic acids is 2. The number of anilines is 2. The van der Waals surface area contributed by atoms with Gasteiger partial charge in [-0.15, -0.1) is 0 Å². The van der Waals surface area contributed by atoms with Gasteiger partial charge in [-0.1, -0.05) is 35.3 Å². The van der Waals surface area contributed by atoms with Crippen LogP contribution in [0, 0.1) is 0 Å². The quantitative estimate of drug-likeness (QED) is 0.322.